The third kappa shape index (κ3) is 3.06. The van der Waals surface area contributed by atoms with Crippen LogP contribution in [0.3, 0.4) is 0 Å². The number of aromatic nitrogens is 2. The maximum absolute atomic E-state index is 5.20. The average Bonchev–Trinajstić information content (AvgIpc) is 2.40. The zero-order valence-corrected chi connectivity index (χ0v) is 10.5. The molecule has 0 aromatic carbocycles. The molecule has 0 saturated carbocycles. The molecule has 1 aromatic rings. The number of hydrogen-bond donors (Lipinski definition) is 1. The van der Waals surface area contributed by atoms with E-state index in [0.29, 0.717) is 5.92 Å². The van der Waals surface area contributed by atoms with Crippen molar-refractivity contribution in [1.82, 2.24) is 9.97 Å². The van der Waals surface area contributed by atoms with Crippen LogP contribution in [0.1, 0.15) is 12.8 Å². The summed E-state index contributed by atoms with van der Waals surface area (Å²) in [6, 6.07) is 0. The fourth-order valence-corrected chi connectivity index (χ4v) is 2.19. The molecule has 0 unspecified atom stereocenters. The molecular weight excluding hydrogens is 216 g/mol. The van der Waals surface area contributed by atoms with E-state index >= 15 is 0 Å². The highest BCUT2D eigenvalue weighted by molar-refractivity contribution is 5.43. The van der Waals surface area contributed by atoms with Crippen LogP contribution in [0.5, 0.6) is 0 Å². The van der Waals surface area contributed by atoms with Gasteiger partial charge in [0.05, 0.1) is 12.4 Å². The average molecular weight is 236 g/mol. The molecule has 2 heterocycles. The van der Waals surface area contributed by atoms with Crippen LogP contribution in [0, 0.1) is 5.92 Å². The van der Waals surface area contributed by atoms with Crippen molar-refractivity contribution in [2.75, 3.05) is 44.1 Å². The Kier molecular flexibility index (Phi) is 4.14. The lowest BCUT2D eigenvalue weighted by atomic mass is 9.98. The summed E-state index contributed by atoms with van der Waals surface area (Å²) in [5.41, 5.74) is 0. The Morgan fingerprint density at radius 1 is 1.41 bits per heavy atom. The maximum Gasteiger partial charge on any atom is 0.149 e. The van der Waals surface area contributed by atoms with Crippen LogP contribution in [0.25, 0.3) is 0 Å². The van der Waals surface area contributed by atoms with Crippen molar-refractivity contribution in [3.63, 3.8) is 0 Å². The SMILES string of the molecule is CNc1cncc(N2CCC(COC)CC2)n1. The van der Waals surface area contributed by atoms with E-state index < -0.39 is 0 Å². The molecule has 0 atom stereocenters. The molecule has 1 aliphatic rings. The van der Waals surface area contributed by atoms with Gasteiger partial charge in [-0.15, -0.1) is 0 Å². The normalized spacial score (nSPS) is 17.2. The number of rotatable bonds is 4. The predicted molar refractivity (Wildman–Crippen MR) is 68.4 cm³/mol. The number of nitrogens with zero attached hydrogens (tertiary/aromatic N) is 3. The third-order valence-electron chi connectivity index (χ3n) is 3.22. The first-order chi connectivity index (χ1) is 8.33. The zero-order chi connectivity index (χ0) is 12.1. The lowest BCUT2D eigenvalue weighted by Crippen LogP contribution is -2.35. The summed E-state index contributed by atoms with van der Waals surface area (Å²) in [5.74, 6) is 2.48. The summed E-state index contributed by atoms with van der Waals surface area (Å²) in [6.45, 7) is 2.95. The molecule has 94 valence electrons. The van der Waals surface area contributed by atoms with Gasteiger partial charge in [0, 0.05) is 33.9 Å². The first-order valence-electron chi connectivity index (χ1n) is 6.07. The second kappa shape index (κ2) is 5.82. The van der Waals surface area contributed by atoms with Crippen molar-refractivity contribution in [2.24, 2.45) is 5.92 Å². The van der Waals surface area contributed by atoms with E-state index in [4.69, 9.17) is 4.74 Å². The van der Waals surface area contributed by atoms with Gasteiger partial charge in [0.25, 0.3) is 0 Å². The minimum atomic E-state index is 0.691. The van der Waals surface area contributed by atoms with E-state index in [1.54, 1.807) is 13.3 Å². The van der Waals surface area contributed by atoms with Crippen molar-refractivity contribution in [3.8, 4) is 0 Å². The van der Waals surface area contributed by atoms with E-state index in [-0.39, 0.29) is 0 Å². The van der Waals surface area contributed by atoms with Gasteiger partial charge >= 0.3 is 0 Å². The highest BCUT2D eigenvalue weighted by Gasteiger charge is 2.20. The number of piperidine rings is 1. The Hall–Kier alpha value is -1.36. The van der Waals surface area contributed by atoms with Crippen LogP contribution in [-0.2, 0) is 4.74 Å². The van der Waals surface area contributed by atoms with Gasteiger partial charge in [-0.25, -0.2) is 4.98 Å². The van der Waals surface area contributed by atoms with Crippen LogP contribution in [0.15, 0.2) is 12.4 Å². The Bertz CT molecular complexity index is 350. The molecule has 0 spiro atoms. The van der Waals surface area contributed by atoms with Crippen LogP contribution >= 0.6 is 0 Å². The molecule has 1 N–H and O–H groups in total. The predicted octanol–water partition coefficient (Wildman–Crippen LogP) is 1.38. The van der Waals surface area contributed by atoms with Gasteiger partial charge in [-0.3, -0.25) is 4.98 Å². The highest BCUT2D eigenvalue weighted by Crippen LogP contribution is 2.22. The van der Waals surface area contributed by atoms with Crippen molar-refractivity contribution in [1.29, 1.82) is 0 Å². The van der Waals surface area contributed by atoms with Gasteiger partial charge < -0.3 is 15.0 Å². The van der Waals surface area contributed by atoms with Crippen LogP contribution < -0.4 is 10.2 Å². The molecule has 1 saturated heterocycles. The van der Waals surface area contributed by atoms with E-state index in [9.17, 15) is 0 Å². The van der Waals surface area contributed by atoms with E-state index in [0.717, 1.165) is 31.3 Å². The molecule has 1 fully saturated rings. The van der Waals surface area contributed by atoms with Gasteiger partial charge in [-0.05, 0) is 18.8 Å². The fraction of sp³-hybridized carbons (Fsp3) is 0.667. The number of hydrogen-bond acceptors (Lipinski definition) is 5. The third-order valence-corrected chi connectivity index (χ3v) is 3.22. The minimum Gasteiger partial charge on any atom is -0.384 e. The molecule has 1 aromatic heterocycles. The zero-order valence-electron chi connectivity index (χ0n) is 10.5. The molecule has 0 amide bonds. The second-order valence-corrected chi connectivity index (χ2v) is 4.40. The lowest BCUT2D eigenvalue weighted by Gasteiger charge is -2.32. The summed E-state index contributed by atoms with van der Waals surface area (Å²) in [6.07, 6.45) is 5.90. The first kappa shape index (κ1) is 12.1. The van der Waals surface area contributed by atoms with Crippen molar-refractivity contribution in [2.45, 2.75) is 12.8 Å². The largest absolute Gasteiger partial charge is 0.384 e. The van der Waals surface area contributed by atoms with Gasteiger partial charge in [0.1, 0.15) is 11.6 Å². The Morgan fingerprint density at radius 2 is 2.18 bits per heavy atom. The molecule has 0 aliphatic carbocycles. The standard InChI is InChI=1S/C12H20N4O/c1-13-11-7-14-8-12(15-11)16-5-3-10(4-6-16)9-17-2/h7-8,10H,3-6,9H2,1-2H3,(H,13,15). The fourth-order valence-electron chi connectivity index (χ4n) is 2.19. The number of methoxy groups -OCH3 is 1. The van der Waals surface area contributed by atoms with Crippen LogP contribution in [0.2, 0.25) is 0 Å². The number of nitrogens with one attached hydrogen (secondary N) is 1. The summed E-state index contributed by atoms with van der Waals surface area (Å²) >= 11 is 0. The topological polar surface area (TPSA) is 50.3 Å². The molecule has 17 heavy (non-hydrogen) atoms. The highest BCUT2D eigenvalue weighted by atomic mass is 16.5. The smallest absolute Gasteiger partial charge is 0.149 e. The molecule has 5 nitrogen and oxygen atoms in total. The van der Waals surface area contributed by atoms with Crippen molar-refractivity contribution in [3.05, 3.63) is 12.4 Å². The summed E-state index contributed by atoms with van der Waals surface area (Å²) in [4.78, 5) is 11.0. The molecule has 0 bridgehead atoms. The molecule has 2 rings (SSSR count). The quantitative estimate of drug-likeness (QED) is 0.856. The summed E-state index contributed by atoms with van der Waals surface area (Å²) in [7, 11) is 3.63. The van der Waals surface area contributed by atoms with E-state index in [1.807, 2.05) is 13.2 Å². The monoisotopic (exact) mass is 236 g/mol. The van der Waals surface area contributed by atoms with Crippen molar-refractivity contribution < 1.29 is 4.74 Å². The van der Waals surface area contributed by atoms with E-state index in [1.165, 1.54) is 12.8 Å². The number of ether oxygens (including phenoxy) is 1. The van der Waals surface area contributed by atoms with Gasteiger partial charge in [0.15, 0.2) is 0 Å². The lowest BCUT2D eigenvalue weighted by molar-refractivity contribution is 0.139. The molecular formula is C12H20N4O. The second-order valence-electron chi connectivity index (χ2n) is 4.40. The Labute approximate surface area is 102 Å². The van der Waals surface area contributed by atoms with Crippen molar-refractivity contribution >= 4 is 11.6 Å². The number of anilines is 2. The van der Waals surface area contributed by atoms with E-state index in [2.05, 4.69) is 20.2 Å². The van der Waals surface area contributed by atoms with Gasteiger partial charge in [-0.1, -0.05) is 0 Å². The maximum atomic E-state index is 5.20. The van der Waals surface area contributed by atoms with Gasteiger partial charge in [-0.2, -0.15) is 0 Å². The Balaban J connectivity index is 1.95. The minimum absolute atomic E-state index is 0.691. The van der Waals surface area contributed by atoms with Gasteiger partial charge in [0.2, 0.25) is 0 Å². The van der Waals surface area contributed by atoms with Crippen LogP contribution in [-0.4, -0.2) is 43.8 Å². The first-order valence-corrected chi connectivity index (χ1v) is 6.07. The molecule has 0 radical (unpaired) electrons. The summed E-state index contributed by atoms with van der Waals surface area (Å²) in [5, 5.41) is 3.02. The van der Waals surface area contributed by atoms with Crippen LogP contribution in [0.4, 0.5) is 11.6 Å². The molecule has 5 heteroatoms. The molecule has 1 aliphatic heterocycles. The summed E-state index contributed by atoms with van der Waals surface area (Å²) < 4.78 is 5.20. The Morgan fingerprint density at radius 3 is 2.82 bits per heavy atom.